The third-order valence-electron chi connectivity index (χ3n) is 5.57. The zero-order valence-electron chi connectivity index (χ0n) is 20.1. The minimum absolute atomic E-state index is 0.157. The van der Waals surface area contributed by atoms with Crippen molar-refractivity contribution in [3.8, 4) is 5.75 Å². The predicted octanol–water partition coefficient (Wildman–Crippen LogP) is 0.288. The Morgan fingerprint density at radius 1 is 1.00 bits per heavy atom. The van der Waals surface area contributed by atoms with Crippen LogP contribution < -0.4 is 21.1 Å². The molecule has 0 atom stereocenters. The van der Waals surface area contributed by atoms with Crippen LogP contribution in [0.4, 0.5) is 0 Å². The molecule has 0 saturated carbocycles. The normalized spacial score (nSPS) is 15.5. The van der Waals surface area contributed by atoms with Crippen LogP contribution in [0.15, 0.2) is 23.2 Å². The van der Waals surface area contributed by atoms with Gasteiger partial charge in [-0.25, -0.2) is 0 Å². The highest BCUT2D eigenvalue weighted by atomic mass is 16.5. The van der Waals surface area contributed by atoms with E-state index in [0.29, 0.717) is 72.3 Å². The van der Waals surface area contributed by atoms with E-state index in [9.17, 15) is 4.79 Å². The van der Waals surface area contributed by atoms with E-state index in [1.165, 1.54) is 5.56 Å². The van der Waals surface area contributed by atoms with Gasteiger partial charge >= 0.3 is 0 Å². The molecule has 1 aromatic rings. The fourth-order valence-electron chi connectivity index (χ4n) is 3.77. The van der Waals surface area contributed by atoms with Crippen molar-refractivity contribution in [1.82, 2.24) is 15.5 Å². The summed E-state index contributed by atoms with van der Waals surface area (Å²) in [6, 6.07) is 6.15. The number of nitrogens with two attached hydrogens (primary N) is 1. The van der Waals surface area contributed by atoms with Gasteiger partial charge in [0.15, 0.2) is 5.96 Å². The van der Waals surface area contributed by atoms with E-state index in [0.717, 1.165) is 49.7 Å². The van der Waals surface area contributed by atoms with Gasteiger partial charge in [0, 0.05) is 39.1 Å². The summed E-state index contributed by atoms with van der Waals surface area (Å²) in [7, 11) is 0. The maximum Gasteiger partial charge on any atom is 0.223 e. The molecule has 2 aliphatic rings. The van der Waals surface area contributed by atoms with Crippen LogP contribution in [0.25, 0.3) is 0 Å². The Labute approximate surface area is 202 Å². The number of guanidine groups is 1. The largest absolute Gasteiger partial charge is 0.494 e. The van der Waals surface area contributed by atoms with E-state index >= 15 is 0 Å². The number of ether oxygens (including phenoxy) is 4. The zero-order chi connectivity index (χ0) is 23.8. The Balaban J connectivity index is 1.33. The maximum atomic E-state index is 12.6. The van der Waals surface area contributed by atoms with E-state index in [-0.39, 0.29) is 5.91 Å². The van der Waals surface area contributed by atoms with Crippen molar-refractivity contribution in [1.29, 1.82) is 0 Å². The Morgan fingerprint density at radius 3 is 2.56 bits per heavy atom. The molecular formula is C24H39N5O5. The van der Waals surface area contributed by atoms with E-state index in [1.54, 1.807) is 0 Å². The average molecular weight is 478 g/mol. The van der Waals surface area contributed by atoms with Gasteiger partial charge in [-0.15, -0.1) is 0 Å². The van der Waals surface area contributed by atoms with Gasteiger partial charge in [-0.05, 0) is 36.1 Å². The minimum Gasteiger partial charge on any atom is -0.494 e. The predicted molar refractivity (Wildman–Crippen MR) is 130 cm³/mol. The van der Waals surface area contributed by atoms with E-state index < -0.39 is 0 Å². The van der Waals surface area contributed by atoms with Crippen molar-refractivity contribution in [2.24, 2.45) is 10.7 Å². The second kappa shape index (κ2) is 15.5. The number of hydrogen-bond donors (Lipinski definition) is 3. The third-order valence-corrected chi connectivity index (χ3v) is 5.57. The topological polar surface area (TPSA) is 120 Å². The second-order valence-corrected chi connectivity index (χ2v) is 8.16. The molecule has 0 bridgehead atoms. The van der Waals surface area contributed by atoms with Gasteiger partial charge in [0.1, 0.15) is 5.75 Å². The van der Waals surface area contributed by atoms with Crippen LogP contribution in [0.2, 0.25) is 0 Å². The number of benzene rings is 1. The summed E-state index contributed by atoms with van der Waals surface area (Å²) in [6.07, 6.45) is 2.15. The molecule has 0 unspecified atom stereocenters. The number of carbonyl (C=O) groups excluding carboxylic acids is 1. The summed E-state index contributed by atoms with van der Waals surface area (Å²) in [6.45, 7) is 7.92. The average Bonchev–Trinajstić information content (AvgIpc) is 3.31. The van der Waals surface area contributed by atoms with Gasteiger partial charge in [-0.2, -0.15) is 0 Å². The van der Waals surface area contributed by atoms with Crippen LogP contribution in [-0.4, -0.2) is 95.7 Å². The van der Waals surface area contributed by atoms with Crippen molar-refractivity contribution in [3.05, 3.63) is 29.3 Å². The molecule has 10 nitrogen and oxygen atoms in total. The smallest absolute Gasteiger partial charge is 0.223 e. The lowest BCUT2D eigenvalue weighted by molar-refractivity contribution is -0.132. The summed E-state index contributed by atoms with van der Waals surface area (Å²) in [5, 5.41) is 6.46. The Bertz CT molecular complexity index is 776. The Morgan fingerprint density at radius 2 is 1.79 bits per heavy atom. The highest BCUT2D eigenvalue weighted by Gasteiger charge is 2.20. The molecule has 0 aromatic heterocycles. The van der Waals surface area contributed by atoms with Crippen LogP contribution in [0.3, 0.4) is 0 Å². The minimum atomic E-state index is 0.157. The first-order valence-electron chi connectivity index (χ1n) is 12.2. The number of aliphatic imine (C=N–C) groups is 1. The van der Waals surface area contributed by atoms with E-state index in [4.69, 9.17) is 24.7 Å². The number of fused-ring (bicyclic) bond motifs is 1. The number of amides is 1. The number of rotatable bonds is 16. The highest BCUT2D eigenvalue weighted by molar-refractivity contribution is 5.81. The molecule has 0 spiro atoms. The van der Waals surface area contributed by atoms with Crippen molar-refractivity contribution in [2.45, 2.75) is 25.8 Å². The third kappa shape index (κ3) is 9.46. The number of aryl methyl sites for hydroxylation is 1. The fourth-order valence-corrected chi connectivity index (χ4v) is 3.77. The summed E-state index contributed by atoms with van der Waals surface area (Å²) in [5.74, 6) is 1.87. The lowest BCUT2D eigenvalue weighted by Crippen LogP contribution is -2.34. The quantitative estimate of drug-likeness (QED) is 0.291. The van der Waals surface area contributed by atoms with Crippen LogP contribution in [0, 0.1) is 0 Å². The molecule has 0 radical (unpaired) electrons. The number of nitrogens with zero attached hydrogens (tertiary/aromatic N) is 2. The number of nitrogens with one attached hydrogen (secondary N) is 2. The van der Waals surface area contributed by atoms with E-state index in [2.05, 4.69) is 27.8 Å². The molecule has 4 N–H and O–H groups in total. The molecule has 1 aromatic carbocycles. The summed E-state index contributed by atoms with van der Waals surface area (Å²) >= 11 is 0. The lowest BCUT2D eigenvalue weighted by atomic mass is 10.0. The molecule has 0 fully saturated rings. The Hall–Kier alpha value is -2.40. The van der Waals surface area contributed by atoms with Crippen molar-refractivity contribution >= 4 is 11.9 Å². The molecule has 10 heteroatoms. The van der Waals surface area contributed by atoms with Crippen LogP contribution in [0.1, 0.15) is 24.0 Å². The monoisotopic (exact) mass is 477 g/mol. The fraction of sp³-hybridized carbons (Fsp3) is 0.667. The second-order valence-electron chi connectivity index (χ2n) is 8.16. The van der Waals surface area contributed by atoms with Gasteiger partial charge < -0.3 is 40.2 Å². The van der Waals surface area contributed by atoms with Crippen molar-refractivity contribution in [2.75, 3.05) is 79.0 Å². The zero-order valence-corrected chi connectivity index (χ0v) is 20.1. The molecule has 2 heterocycles. The first kappa shape index (κ1) is 26.2. The van der Waals surface area contributed by atoms with Gasteiger partial charge in [0.2, 0.25) is 5.91 Å². The molecule has 2 aliphatic heterocycles. The molecule has 0 aliphatic carbocycles. The first-order valence-corrected chi connectivity index (χ1v) is 12.2. The summed E-state index contributed by atoms with van der Waals surface area (Å²) in [4.78, 5) is 18.8. The van der Waals surface area contributed by atoms with Crippen LogP contribution in [0.5, 0.6) is 5.75 Å². The first-order chi connectivity index (χ1) is 16.8. The number of hydrogen-bond acceptors (Lipinski definition) is 9. The molecular weight excluding hydrogens is 438 g/mol. The molecule has 34 heavy (non-hydrogen) atoms. The van der Waals surface area contributed by atoms with Crippen molar-refractivity contribution < 1.29 is 23.7 Å². The molecule has 190 valence electrons. The highest BCUT2D eigenvalue weighted by Crippen LogP contribution is 2.24. The van der Waals surface area contributed by atoms with Crippen LogP contribution >= 0.6 is 0 Å². The standard InChI is InChI=1S/C24H39N5O5/c25-6-12-31-14-16-33-17-15-32-13-10-29-19-21-18-22(4-2-20(21)3-5-23(29)30)34-11-1-7-26-24-27-8-9-28-24/h2,4,18H,1,3,5-17,19,25H2,(H2,26,27,28). The maximum absolute atomic E-state index is 12.6. The van der Waals surface area contributed by atoms with Gasteiger partial charge in [0.25, 0.3) is 0 Å². The van der Waals surface area contributed by atoms with Gasteiger partial charge in [0.05, 0.1) is 52.8 Å². The van der Waals surface area contributed by atoms with Crippen LogP contribution in [-0.2, 0) is 32.0 Å². The van der Waals surface area contributed by atoms with Gasteiger partial charge in [-0.1, -0.05) is 6.07 Å². The van der Waals surface area contributed by atoms with Gasteiger partial charge in [-0.3, -0.25) is 9.79 Å². The SMILES string of the molecule is NCCOCCOCCOCCN1Cc2cc(OCCCNC3=NCCN3)ccc2CCC1=O. The van der Waals surface area contributed by atoms with E-state index in [1.807, 2.05) is 11.0 Å². The summed E-state index contributed by atoms with van der Waals surface area (Å²) in [5.41, 5.74) is 7.71. The molecule has 3 rings (SSSR count). The molecule has 1 amide bonds. The lowest BCUT2D eigenvalue weighted by Gasteiger charge is -2.21. The molecule has 0 saturated heterocycles. The summed E-state index contributed by atoms with van der Waals surface area (Å²) < 4.78 is 22.3. The number of carbonyl (C=O) groups is 1. The Kier molecular flexibility index (Phi) is 11.9. The van der Waals surface area contributed by atoms with Crippen molar-refractivity contribution in [3.63, 3.8) is 0 Å².